The Morgan fingerprint density at radius 2 is 2.12 bits per heavy atom. The van der Waals surface area contributed by atoms with Gasteiger partial charge in [0.05, 0.1) is 11.6 Å². The van der Waals surface area contributed by atoms with E-state index in [4.69, 9.17) is 11.6 Å². The molecule has 2 heterocycles. The maximum absolute atomic E-state index is 12.2. The Morgan fingerprint density at radius 3 is 2.83 bits per heavy atom. The molecule has 2 aromatic rings. The summed E-state index contributed by atoms with van der Waals surface area (Å²) in [5, 5.41) is 29.9. The minimum Gasteiger partial charge on any atom is -0.507 e. The molecule has 2 amide bonds. The third-order valence-electron chi connectivity index (χ3n) is 3.95. The van der Waals surface area contributed by atoms with Gasteiger partial charge in [0.25, 0.3) is 0 Å². The minimum absolute atomic E-state index is 0.0580. The zero-order chi connectivity index (χ0) is 17.4. The number of fused-ring (bicyclic) bond motifs is 1. The van der Waals surface area contributed by atoms with E-state index in [1.54, 1.807) is 4.90 Å². The van der Waals surface area contributed by atoms with Gasteiger partial charge in [0.15, 0.2) is 0 Å². The van der Waals surface area contributed by atoms with Gasteiger partial charge in [-0.1, -0.05) is 11.6 Å². The number of phenolic OH excluding ortho intramolecular Hbond substituents is 2. The summed E-state index contributed by atoms with van der Waals surface area (Å²) in [5.74, 6) is -0.310. The fourth-order valence-electron chi connectivity index (χ4n) is 2.77. The molecule has 24 heavy (non-hydrogen) atoms. The van der Waals surface area contributed by atoms with Crippen LogP contribution in [-0.4, -0.2) is 43.9 Å². The molecular formula is C16H19ClN4O3. The first-order chi connectivity index (χ1) is 11.4. The number of aromatic amines is 1. The quantitative estimate of drug-likeness (QED) is 0.668. The maximum atomic E-state index is 12.2. The highest BCUT2D eigenvalue weighted by molar-refractivity contribution is 6.32. The molecule has 7 nitrogen and oxygen atoms in total. The lowest BCUT2D eigenvalue weighted by Gasteiger charge is -2.28. The second-order valence-electron chi connectivity index (χ2n) is 6.13. The molecule has 4 N–H and O–H groups in total. The first-order valence-electron chi connectivity index (χ1n) is 7.70. The Hall–Kier alpha value is -2.41. The van der Waals surface area contributed by atoms with Crippen molar-refractivity contribution in [3.63, 3.8) is 0 Å². The maximum Gasteiger partial charge on any atom is 0.317 e. The zero-order valence-corrected chi connectivity index (χ0v) is 14.2. The van der Waals surface area contributed by atoms with E-state index in [1.165, 1.54) is 12.1 Å². The summed E-state index contributed by atoms with van der Waals surface area (Å²) in [5.41, 5.74) is 2.73. The number of nitrogens with zero attached hydrogens (tertiary/aromatic N) is 2. The number of nitrogens with one attached hydrogen (secondary N) is 2. The highest BCUT2D eigenvalue weighted by Gasteiger charge is 2.27. The van der Waals surface area contributed by atoms with E-state index in [1.807, 2.05) is 13.8 Å². The number of aromatic nitrogens is 2. The Balaban J connectivity index is 1.94. The van der Waals surface area contributed by atoms with Crippen LogP contribution < -0.4 is 5.32 Å². The van der Waals surface area contributed by atoms with Crippen molar-refractivity contribution < 1.29 is 15.0 Å². The molecule has 1 aromatic heterocycles. The average molecular weight is 351 g/mol. The van der Waals surface area contributed by atoms with Gasteiger partial charge >= 0.3 is 6.03 Å². The van der Waals surface area contributed by atoms with Crippen LogP contribution in [0, 0.1) is 0 Å². The van der Waals surface area contributed by atoms with Crippen molar-refractivity contribution in [1.29, 1.82) is 0 Å². The number of urea groups is 1. The second-order valence-corrected chi connectivity index (χ2v) is 6.53. The van der Waals surface area contributed by atoms with E-state index in [-0.39, 0.29) is 28.6 Å². The highest BCUT2D eigenvalue weighted by atomic mass is 35.5. The number of aromatic hydroxyl groups is 2. The van der Waals surface area contributed by atoms with Crippen molar-refractivity contribution in [2.75, 3.05) is 6.54 Å². The Bertz CT molecular complexity index is 788. The molecule has 0 aliphatic carbocycles. The van der Waals surface area contributed by atoms with Crippen LogP contribution in [0.5, 0.6) is 11.5 Å². The van der Waals surface area contributed by atoms with E-state index < -0.39 is 0 Å². The molecule has 8 heteroatoms. The first-order valence-corrected chi connectivity index (χ1v) is 8.08. The number of hydrogen-bond acceptors (Lipinski definition) is 4. The van der Waals surface area contributed by atoms with Crippen LogP contribution in [-0.2, 0) is 13.0 Å². The Kier molecular flexibility index (Phi) is 4.28. The smallest absolute Gasteiger partial charge is 0.317 e. The van der Waals surface area contributed by atoms with Crippen LogP contribution in [0.15, 0.2) is 12.1 Å². The average Bonchev–Trinajstić information content (AvgIpc) is 2.93. The van der Waals surface area contributed by atoms with E-state index in [9.17, 15) is 15.0 Å². The summed E-state index contributed by atoms with van der Waals surface area (Å²) in [4.78, 5) is 13.9. The number of carbonyl (C=O) groups excluding carboxylic acids is 1. The molecule has 0 atom stereocenters. The highest BCUT2D eigenvalue weighted by Crippen LogP contribution is 2.39. The van der Waals surface area contributed by atoms with E-state index in [2.05, 4.69) is 15.5 Å². The fraction of sp³-hybridized carbons (Fsp3) is 0.375. The lowest BCUT2D eigenvalue weighted by molar-refractivity contribution is 0.190. The van der Waals surface area contributed by atoms with Crippen LogP contribution in [0.2, 0.25) is 5.02 Å². The minimum atomic E-state index is -0.194. The van der Waals surface area contributed by atoms with Crippen molar-refractivity contribution in [2.45, 2.75) is 32.9 Å². The van der Waals surface area contributed by atoms with E-state index in [0.29, 0.717) is 30.8 Å². The lowest BCUT2D eigenvalue weighted by Crippen LogP contribution is -2.45. The van der Waals surface area contributed by atoms with Crippen LogP contribution in [0.3, 0.4) is 0 Å². The summed E-state index contributed by atoms with van der Waals surface area (Å²) in [6.45, 7) is 4.80. The third kappa shape index (κ3) is 2.99. The third-order valence-corrected chi connectivity index (χ3v) is 4.26. The van der Waals surface area contributed by atoms with E-state index in [0.717, 1.165) is 11.3 Å². The summed E-state index contributed by atoms with van der Waals surface area (Å²) in [6, 6.07) is 2.58. The number of halogens is 1. The molecule has 0 fully saturated rings. The number of amides is 2. The van der Waals surface area contributed by atoms with Crippen LogP contribution >= 0.6 is 11.6 Å². The van der Waals surface area contributed by atoms with Crippen molar-refractivity contribution >= 4 is 17.6 Å². The normalized spacial score (nSPS) is 13.9. The SMILES string of the molecule is CC(C)NC(=O)N1CCc2[nH]nc(-c3cc(Cl)c(O)cc3O)c2C1. The molecule has 0 unspecified atom stereocenters. The van der Waals surface area contributed by atoms with Gasteiger partial charge in [-0.2, -0.15) is 5.10 Å². The molecule has 0 saturated heterocycles. The summed E-state index contributed by atoms with van der Waals surface area (Å²) >= 11 is 5.95. The standard InChI is InChI=1S/C16H19ClN4O3/c1-8(2)18-16(24)21-4-3-12-10(7-21)15(20-19-12)9-5-11(17)14(23)6-13(9)22/h5-6,8,22-23H,3-4,7H2,1-2H3,(H,18,24)(H,19,20). The molecule has 128 valence electrons. The number of benzene rings is 1. The summed E-state index contributed by atoms with van der Waals surface area (Å²) in [6.07, 6.45) is 0.653. The van der Waals surface area contributed by atoms with Gasteiger partial charge in [-0.05, 0) is 19.9 Å². The van der Waals surface area contributed by atoms with Gasteiger partial charge in [-0.3, -0.25) is 5.10 Å². The predicted octanol–water partition coefficient (Wildman–Crippen LogP) is 2.62. The molecule has 0 radical (unpaired) electrons. The number of rotatable bonds is 2. The van der Waals surface area contributed by atoms with Gasteiger partial charge in [0.2, 0.25) is 0 Å². The summed E-state index contributed by atoms with van der Waals surface area (Å²) < 4.78 is 0. The zero-order valence-electron chi connectivity index (χ0n) is 13.4. The van der Waals surface area contributed by atoms with Crippen LogP contribution in [0.25, 0.3) is 11.3 Å². The van der Waals surface area contributed by atoms with E-state index >= 15 is 0 Å². The van der Waals surface area contributed by atoms with Crippen molar-refractivity contribution in [1.82, 2.24) is 20.4 Å². The van der Waals surface area contributed by atoms with Crippen LogP contribution in [0.4, 0.5) is 4.79 Å². The van der Waals surface area contributed by atoms with Gasteiger partial charge in [0.1, 0.15) is 17.2 Å². The lowest BCUT2D eigenvalue weighted by atomic mass is 10.0. The monoisotopic (exact) mass is 350 g/mol. The molecular weight excluding hydrogens is 332 g/mol. The Morgan fingerprint density at radius 1 is 1.38 bits per heavy atom. The van der Waals surface area contributed by atoms with Crippen molar-refractivity contribution in [3.05, 3.63) is 28.4 Å². The van der Waals surface area contributed by atoms with Gasteiger partial charge in [0, 0.05) is 41.9 Å². The molecule has 1 aliphatic rings. The topological polar surface area (TPSA) is 101 Å². The van der Waals surface area contributed by atoms with Crippen molar-refractivity contribution in [3.8, 4) is 22.8 Å². The van der Waals surface area contributed by atoms with Gasteiger partial charge in [-0.15, -0.1) is 0 Å². The molecule has 0 saturated carbocycles. The molecule has 1 aromatic carbocycles. The molecule has 0 spiro atoms. The summed E-state index contributed by atoms with van der Waals surface area (Å²) in [7, 11) is 0. The van der Waals surface area contributed by atoms with Crippen LogP contribution in [0.1, 0.15) is 25.1 Å². The predicted molar refractivity (Wildman–Crippen MR) is 90.1 cm³/mol. The first kappa shape index (κ1) is 16.4. The second kappa shape index (κ2) is 6.24. The molecule has 1 aliphatic heterocycles. The van der Waals surface area contributed by atoms with Crippen molar-refractivity contribution in [2.24, 2.45) is 0 Å². The molecule has 3 rings (SSSR count). The number of H-pyrrole nitrogens is 1. The Labute approximate surface area is 144 Å². The largest absolute Gasteiger partial charge is 0.507 e. The fourth-order valence-corrected chi connectivity index (χ4v) is 2.93. The number of phenols is 2. The number of carbonyl (C=O) groups is 1. The number of hydrogen-bond donors (Lipinski definition) is 4. The van der Waals surface area contributed by atoms with Gasteiger partial charge in [-0.25, -0.2) is 4.79 Å². The molecule has 0 bridgehead atoms. The van der Waals surface area contributed by atoms with Gasteiger partial charge < -0.3 is 20.4 Å².